The number of H-pyrrole nitrogens is 1. The van der Waals surface area contributed by atoms with E-state index in [0.29, 0.717) is 5.82 Å². The van der Waals surface area contributed by atoms with Gasteiger partial charge in [-0.1, -0.05) is 52.0 Å². The summed E-state index contributed by atoms with van der Waals surface area (Å²) in [7, 11) is -4.23. The van der Waals surface area contributed by atoms with Crippen molar-refractivity contribution in [3.05, 3.63) is 60.2 Å². The number of nitrogens with one attached hydrogen (secondary N) is 3. The van der Waals surface area contributed by atoms with Crippen molar-refractivity contribution in [3.63, 3.8) is 0 Å². The van der Waals surface area contributed by atoms with Gasteiger partial charge in [-0.2, -0.15) is 4.72 Å². The Hall–Kier alpha value is -2.78. The Morgan fingerprint density at radius 2 is 1.65 bits per heavy atom. The zero-order valence-corrected chi connectivity index (χ0v) is 18.7. The second kappa shape index (κ2) is 9.15. The number of aromatic amines is 1. The summed E-state index contributed by atoms with van der Waals surface area (Å²) in [6.45, 7) is 7.32. The molecule has 1 heterocycles. The lowest BCUT2D eigenvalue weighted by Gasteiger charge is -2.26. The van der Waals surface area contributed by atoms with Crippen LogP contribution in [0.1, 0.15) is 39.6 Å². The molecule has 0 aliphatic carbocycles. The van der Waals surface area contributed by atoms with Crippen molar-refractivity contribution in [1.29, 1.82) is 0 Å². The minimum Gasteiger partial charge on any atom is -0.344 e. The van der Waals surface area contributed by atoms with E-state index < -0.39 is 38.7 Å². The normalized spacial score (nSPS) is 14.2. The number of amides is 1. The zero-order chi connectivity index (χ0) is 22.8. The van der Waals surface area contributed by atoms with E-state index in [1.165, 1.54) is 12.1 Å². The van der Waals surface area contributed by atoms with E-state index in [0.717, 1.165) is 23.2 Å². The van der Waals surface area contributed by atoms with Crippen LogP contribution in [0.15, 0.2) is 53.4 Å². The van der Waals surface area contributed by atoms with Crippen LogP contribution in [0.5, 0.6) is 0 Å². The van der Waals surface area contributed by atoms with Gasteiger partial charge in [-0.25, -0.2) is 17.8 Å². The molecule has 3 rings (SSSR count). The van der Waals surface area contributed by atoms with Crippen molar-refractivity contribution in [2.45, 2.75) is 44.7 Å². The van der Waals surface area contributed by atoms with Gasteiger partial charge < -0.3 is 10.3 Å². The summed E-state index contributed by atoms with van der Waals surface area (Å²) < 4.78 is 41.9. The van der Waals surface area contributed by atoms with E-state index in [4.69, 9.17) is 0 Å². The van der Waals surface area contributed by atoms with Crippen molar-refractivity contribution in [1.82, 2.24) is 20.0 Å². The maximum atomic E-state index is 14.0. The topological polar surface area (TPSA) is 104 Å². The Balaban J connectivity index is 1.85. The first-order chi connectivity index (χ1) is 14.6. The molecular weight excluding hydrogens is 419 g/mol. The molecule has 1 aromatic heterocycles. The molecule has 2 atom stereocenters. The highest BCUT2D eigenvalue weighted by Crippen LogP contribution is 2.23. The fourth-order valence-electron chi connectivity index (χ4n) is 3.30. The molecule has 2 aromatic carbocycles. The highest BCUT2D eigenvalue weighted by Gasteiger charge is 2.32. The number of carbonyl (C=O) groups is 1. The fraction of sp³-hybridized carbons (Fsp3) is 0.364. The minimum absolute atomic E-state index is 0.0134. The number of para-hydroxylation sites is 2. The Morgan fingerprint density at radius 3 is 2.26 bits per heavy atom. The third-order valence-electron chi connectivity index (χ3n) is 5.02. The van der Waals surface area contributed by atoms with Gasteiger partial charge in [0.15, 0.2) is 0 Å². The third-order valence-corrected chi connectivity index (χ3v) is 6.50. The van der Waals surface area contributed by atoms with E-state index in [-0.39, 0.29) is 11.8 Å². The van der Waals surface area contributed by atoms with Crippen LogP contribution in [0.2, 0.25) is 0 Å². The fourth-order valence-corrected chi connectivity index (χ4v) is 4.72. The lowest BCUT2D eigenvalue weighted by molar-refractivity contribution is -0.124. The first kappa shape index (κ1) is 22.9. The number of aromatic nitrogens is 2. The van der Waals surface area contributed by atoms with Crippen LogP contribution in [0.3, 0.4) is 0 Å². The molecule has 0 saturated heterocycles. The predicted octanol–water partition coefficient (Wildman–Crippen LogP) is 3.52. The molecule has 0 spiro atoms. The van der Waals surface area contributed by atoms with Crippen molar-refractivity contribution < 1.29 is 17.6 Å². The molecule has 0 aliphatic heterocycles. The van der Waals surface area contributed by atoms with Gasteiger partial charge in [0.25, 0.3) is 0 Å². The second-order valence-corrected chi connectivity index (χ2v) is 9.83. The molecule has 0 aliphatic rings. The quantitative estimate of drug-likeness (QED) is 0.492. The van der Waals surface area contributed by atoms with Gasteiger partial charge in [-0.3, -0.25) is 4.79 Å². The summed E-state index contributed by atoms with van der Waals surface area (Å²) >= 11 is 0. The van der Waals surface area contributed by atoms with Crippen LogP contribution in [0.4, 0.5) is 4.39 Å². The monoisotopic (exact) mass is 446 g/mol. The molecule has 7 nitrogen and oxygen atoms in total. The molecule has 31 heavy (non-hydrogen) atoms. The molecule has 3 N–H and O–H groups in total. The van der Waals surface area contributed by atoms with Crippen LogP contribution in [0, 0.1) is 17.7 Å². The van der Waals surface area contributed by atoms with E-state index in [9.17, 15) is 17.6 Å². The average Bonchev–Trinajstić information content (AvgIpc) is 3.13. The van der Waals surface area contributed by atoms with Crippen LogP contribution < -0.4 is 10.0 Å². The summed E-state index contributed by atoms with van der Waals surface area (Å²) in [5.74, 6) is -1.18. The van der Waals surface area contributed by atoms with E-state index in [1.807, 2.05) is 38.1 Å². The zero-order valence-electron chi connectivity index (χ0n) is 17.9. The van der Waals surface area contributed by atoms with Crippen LogP contribution in [0.25, 0.3) is 11.0 Å². The number of halogens is 1. The number of hydrogen-bond acceptors (Lipinski definition) is 4. The summed E-state index contributed by atoms with van der Waals surface area (Å²) in [6, 6.07) is 11.0. The molecule has 9 heteroatoms. The molecule has 0 saturated carbocycles. The number of fused-ring (bicyclic) bond motifs is 1. The highest BCUT2D eigenvalue weighted by molar-refractivity contribution is 7.89. The predicted molar refractivity (Wildman–Crippen MR) is 117 cm³/mol. The van der Waals surface area contributed by atoms with Gasteiger partial charge in [0.2, 0.25) is 15.9 Å². The maximum absolute atomic E-state index is 14.0. The largest absolute Gasteiger partial charge is 0.344 e. The molecule has 1 amide bonds. The van der Waals surface area contributed by atoms with Gasteiger partial charge in [0.05, 0.1) is 17.1 Å². The average molecular weight is 447 g/mol. The van der Waals surface area contributed by atoms with Crippen LogP contribution >= 0.6 is 0 Å². The SMILES string of the molecule is CC(C)[C@@H](NS(=O)(=O)c1ccccc1F)C(=O)N[C@@H](c1nc2ccccc2[nH]1)C(C)C. The van der Waals surface area contributed by atoms with Gasteiger partial charge in [0, 0.05) is 0 Å². The number of hydrogen-bond donors (Lipinski definition) is 3. The molecular formula is C22H27FN4O3S. The lowest BCUT2D eigenvalue weighted by Crippen LogP contribution is -2.51. The third kappa shape index (κ3) is 5.11. The smallest absolute Gasteiger partial charge is 0.244 e. The van der Waals surface area contributed by atoms with Gasteiger partial charge in [0.1, 0.15) is 22.6 Å². The molecule has 0 bridgehead atoms. The number of nitrogens with zero attached hydrogens (tertiary/aromatic N) is 1. The van der Waals surface area contributed by atoms with Crippen molar-refractivity contribution >= 4 is 27.0 Å². The molecule has 0 unspecified atom stereocenters. The molecule has 0 radical (unpaired) electrons. The number of imidazole rings is 1. The van der Waals surface area contributed by atoms with Gasteiger partial charge in [-0.05, 0) is 36.1 Å². The summed E-state index contributed by atoms with van der Waals surface area (Å²) in [6.07, 6.45) is 0. The summed E-state index contributed by atoms with van der Waals surface area (Å²) in [5, 5.41) is 2.91. The van der Waals surface area contributed by atoms with Crippen LogP contribution in [-0.2, 0) is 14.8 Å². The van der Waals surface area contributed by atoms with E-state index in [2.05, 4.69) is 20.0 Å². The summed E-state index contributed by atoms with van der Waals surface area (Å²) in [4.78, 5) is 20.4. The van der Waals surface area contributed by atoms with Crippen LogP contribution in [-0.4, -0.2) is 30.3 Å². The van der Waals surface area contributed by atoms with Crippen molar-refractivity contribution in [2.75, 3.05) is 0 Å². The Bertz CT molecular complexity index is 1140. The molecule has 0 fully saturated rings. The minimum atomic E-state index is -4.23. The Morgan fingerprint density at radius 1 is 1.00 bits per heavy atom. The molecule has 166 valence electrons. The number of sulfonamides is 1. The Labute approximate surface area is 181 Å². The van der Waals surface area contributed by atoms with Crippen molar-refractivity contribution in [2.24, 2.45) is 11.8 Å². The molecule has 3 aromatic rings. The maximum Gasteiger partial charge on any atom is 0.244 e. The first-order valence-electron chi connectivity index (χ1n) is 10.1. The van der Waals surface area contributed by atoms with E-state index in [1.54, 1.807) is 13.8 Å². The first-order valence-corrected chi connectivity index (χ1v) is 11.6. The number of carbonyl (C=O) groups excluding carboxylic acids is 1. The highest BCUT2D eigenvalue weighted by atomic mass is 32.2. The van der Waals surface area contributed by atoms with Gasteiger partial charge >= 0.3 is 0 Å². The second-order valence-electron chi connectivity index (χ2n) is 8.14. The lowest BCUT2D eigenvalue weighted by atomic mass is 10.0. The number of benzene rings is 2. The number of rotatable bonds is 8. The standard InChI is InChI=1S/C22H27FN4O3S/c1-13(2)19(21-24-16-10-6-7-11-17(16)25-21)26-22(28)20(14(3)4)27-31(29,30)18-12-8-5-9-15(18)23/h5-14,19-20,27H,1-4H3,(H,24,25)(H,26,28)/t19-,20-/m1/s1. The van der Waals surface area contributed by atoms with Crippen molar-refractivity contribution in [3.8, 4) is 0 Å². The Kier molecular flexibility index (Phi) is 6.76. The van der Waals surface area contributed by atoms with E-state index >= 15 is 0 Å². The van der Waals surface area contributed by atoms with Gasteiger partial charge in [-0.15, -0.1) is 0 Å². The summed E-state index contributed by atoms with van der Waals surface area (Å²) in [5.41, 5.74) is 1.62.